The Kier molecular flexibility index (Phi) is 7.22. The van der Waals surface area contributed by atoms with E-state index in [0.29, 0.717) is 13.0 Å². The Labute approximate surface area is 218 Å². The summed E-state index contributed by atoms with van der Waals surface area (Å²) in [4.78, 5) is 15.7. The van der Waals surface area contributed by atoms with Crippen LogP contribution in [0.1, 0.15) is 35.6 Å². The fraction of sp³-hybridized carbons (Fsp3) is 0.194. The zero-order chi connectivity index (χ0) is 25.8. The summed E-state index contributed by atoms with van der Waals surface area (Å²) in [6.45, 7) is 2.48. The molecule has 2 atom stereocenters. The molecule has 5 nitrogen and oxygen atoms in total. The first-order valence-electron chi connectivity index (χ1n) is 12.5. The van der Waals surface area contributed by atoms with E-state index in [1.807, 2.05) is 90.7 Å². The molecule has 0 saturated carbocycles. The number of aryl methyl sites for hydroxylation is 1. The number of carbonyl (C=O) groups excluding carboxylic acids is 1. The molecule has 1 heterocycles. The van der Waals surface area contributed by atoms with Gasteiger partial charge in [0, 0.05) is 19.0 Å². The van der Waals surface area contributed by atoms with Crippen molar-refractivity contribution < 1.29 is 13.2 Å². The van der Waals surface area contributed by atoms with E-state index in [1.165, 1.54) is 0 Å². The maximum Gasteiger partial charge on any atom is 0.240 e. The molecule has 0 aliphatic carbocycles. The maximum atomic E-state index is 13.7. The van der Waals surface area contributed by atoms with Crippen LogP contribution in [-0.4, -0.2) is 25.3 Å². The summed E-state index contributed by atoms with van der Waals surface area (Å²) in [5.74, 6) is -0.0926. The highest BCUT2D eigenvalue weighted by Gasteiger charge is 2.30. The van der Waals surface area contributed by atoms with Crippen molar-refractivity contribution in [3.8, 4) is 0 Å². The van der Waals surface area contributed by atoms with Crippen molar-refractivity contribution in [2.75, 3.05) is 0 Å². The van der Waals surface area contributed by atoms with Crippen LogP contribution in [-0.2, 0) is 21.4 Å². The molecule has 37 heavy (non-hydrogen) atoms. The number of hydrogen-bond acceptors (Lipinski definition) is 3. The molecule has 0 bridgehead atoms. The number of benzene rings is 4. The number of amides is 1. The topological polar surface area (TPSA) is 66.5 Å². The first kappa shape index (κ1) is 24.9. The van der Waals surface area contributed by atoms with Crippen LogP contribution >= 0.6 is 0 Å². The molecule has 0 aromatic heterocycles. The molecule has 4 aromatic carbocycles. The molecule has 188 valence electrons. The predicted molar refractivity (Wildman–Crippen MR) is 147 cm³/mol. The quantitative estimate of drug-likeness (QED) is 0.328. The molecule has 0 radical (unpaired) electrons. The zero-order valence-corrected chi connectivity index (χ0v) is 21.6. The third kappa shape index (κ3) is 5.82. The number of carbonyl (C=O) groups is 1. The van der Waals surface area contributed by atoms with E-state index in [-0.39, 0.29) is 23.3 Å². The highest BCUT2D eigenvalue weighted by Crippen LogP contribution is 2.29. The summed E-state index contributed by atoms with van der Waals surface area (Å²) in [5.41, 5.74) is 3.21. The standard InChI is InChI=1S/C31H30N2O3S/c1-23-14-16-26(17-15-23)30-13-7-12-28(21-31(34)33(30)22-24-8-3-2-4-9-24)32-37(35,36)29-19-18-25-10-5-6-11-27(25)20-29/h2-11,13-20,28,30,32H,12,21-22H2,1H3/b13-7-/t28-,30+/m0/s1. The molecule has 0 spiro atoms. The highest BCUT2D eigenvalue weighted by molar-refractivity contribution is 7.89. The van der Waals surface area contributed by atoms with Gasteiger partial charge in [0.05, 0.1) is 10.9 Å². The Balaban J connectivity index is 1.42. The largest absolute Gasteiger partial charge is 0.328 e. The minimum Gasteiger partial charge on any atom is -0.328 e. The molecule has 1 N–H and O–H groups in total. The minimum absolute atomic E-state index is 0.0757. The van der Waals surface area contributed by atoms with Gasteiger partial charge in [0.15, 0.2) is 0 Å². The predicted octanol–water partition coefficient (Wildman–Crippen LogP) is 5.92. The summed E-state index contributed by atoms with van der Waals surface area (Å²) in [6, 6.07) is 30.0. The third-order valence-electron chi connectivity index (χ3n) is 6.78. The SMILES string of the molecule is Cc1ccc([C@H]2/C=C\C[C@H](NS(=O)(=O)c3ccc4ccccc4c3)CC(=O)N2Cc2ccccc2)cc1. The summed E-state index contributed by atoms with van der Waals surface area (Å²) >= 11 is 0. The van der Waals surface area contributed by atoms with Crippen LogP contribution in [0.15, 0.2) is 114 Å². The summed E-state index contributed by atoms with van der Waals surface area (Å²) in [7, 11) is -3.80. The first-order chi connectivity index (χ1) is 17.9. The Morgan fingerprint density at radius 3 is 2.32 bits per heavy atom. The van der Waals surface area contributed by atoms with Crippen LogP contribution in [0, 0.1) is 6.92 Å². The van der Waals surface area contributed by atoms with Gasteiger partial charge >= 0.3 is 0 Å². The number of nitrogens with zero attached hydrogens (tertiary/aromatic N) is 1. The lowest BCUT2D eigenvalue weighted by Gasteiger charge is -2.33. The van der Waals surface area contributed by atoms with Crippen LogP contribution in [0.3, 0.4) is 0 Å². The Hall–Kier alpha value is -3.74. The molecular formula is C31H30N2O3S. The molecule has 0 fully saturated rings. The van der Waals surface area contributed by atoms with Crippen molar-refractivity contribution in [2.24, 2.45) is 0 Å². The second-order valence-electron chi connectivity index (χ2n) is 9.56. The van der Waals surface area contributed by atoms with Crippen LogP contribution in [0.4, 0.5) is 0 Å². The van der Waals surface area contributed by atoms with E-state index in [4.69, 9.17) is 0 Å². The van der Waals surface area contributed by atoms with Crippen molar-refractivity contribution >= 4 is 26.7 Å². The monoisotopic (exact) mass is 510 g/mol. The van der Waals surface area contributed by atoms with Gasteiger partial charge < -0.3 is 4.90 Å². The van der Waals surface area contributed by atoms with Gasteiger partial charge in [-0.15, -0.1) is 0 Å². The second-order valence-corrected chi connectivity index (χ2v) is 11.3. The van der Waals surface area contributed by atoms with E-state index >= 15 is 0 Å². The lowest BCUT2D eigenvalue weighted by Crippen LogP contribution is -2.42. The lowest BCUT2D eigenvalue weighted by atomic mass is 9.97. The van der Waals surface area contributed by atoms with Gasteiger partial charge in [-0.3, -0.25) is 4.79 Å². The molecule has 0 saturated heterocycles. The Bertz CT molecular complexity index is 1530. The van der Waals surface area contributed by atoms with Crippen LogP contribution in [0.25, 0.3) is 10.8 Å². The molecular weight excluding hydrogens is 480 g/mol. The number of rotatable bonds is 6. The summed E-state index contributed by atoms with van der Waals surface area (Å²) < 4.78 is 29.4. The number of hydrogen-bond donors (Lipinski definition) is 1. The Morgan fingerprint density at radius 1 is 0.865 bits per heavy atom. The lowest BCUT2D eigenvalue weighted by molar-refractivity contribution is -0.134. The van der Waals surface area contributed by atoms with Gasteiger partial charge in [-0.05, 0) is 47.4 Å². The van der Waals surface area contributed by atoms with Crippen LogP contribution in [0.5, 0.6) is 0 Å². The average molecular weight is 511 g/mol. The van der Waals surface area contributed by atoms with Crippen molar-refractivity contribution in [3.63, 3.8) is 0 Å². The van der Waals surface area contributed by atoms with E-state index in [1.54, 1.807) is 18.2 Å². The van der Waals surface area contributed by atoms with Crippen molar-refractivity contribution in [1.29, 1.82) is 0 Å². The molecule has 0 unspecified atom stereocenters. The normalized spacial score (nSPS) is 19.4. The van der Waals surface area contributed by atoms with E-state index < -0.39 is 16.1 Å². The van der Waals surface area contributed by atoms with Crippen molar-refractivity contribution in [3.05, 3.63) is 126 Å². The number of sulfonamides is 1. The number of fused-ring (bicyclic) bond motifs is 1. The van der Waals surface area contributed by atoms with Gasteiger partial charge in [0.1, 0.15) is 0 Å². The van der Waals surface area contributed by atoms with Crippen molar-refractivity contribution in [2.45, 2.75) is 43.3 Å². The fourth-order valence-corrected chi connectivity index (χ4v) is 6.06. The number of nitrogens with one attached hydrogen (secondary N) is 1. The van der Waals surface area contributed by atoms with E-state index in [2.05, 4.69) is 16.9 Å². The van der Waals surface area contributed by atoms with Crippen LogP contribution in [0.2, 0.25) is 0 Å². The zero-order valence-electron chi connectivity index (χ0n) is 20.7. The van der Waals surface area contributed by atoms with Gasteiger partial charge in [-0.1, -0.05) is 103 Å². The van der Waals surface area contributed by atoms with Crippen molar-refractivity contribution in [1.82, 2.24) is 9.62 Å². The fourth-order valence-electron chi connectivity index (χ4n) is 4.78. The minimum atomic E-state index is -3.80. The third-order valence-corrected chi connectivity index (χ3v) is 8.30. The molecule has 1 aliphatic rings. The summed E-state index contributed by atoms with van der Waals surface area (Å²) in [5, 5.41) is 1.83. The first-order valence-corrected chi connectivity index (χ1v) is 14.0. The maximum absolute atomic E-state index is 13.7. The highest BCUT2D eigenvalue weighted by atomic mass is 32.2. The van der Waals surface area contributed by atoms with E-state index in [0.717, 1.165) is 27.5 Å². The average Bonchev–Trinajstić information content (AvgIpc) is 2.90. The smallest absolute Gasteiger partial charge is 0.240 e. The van der Waals surface area contributed by atoms with E-state index in [9.17, 15) is 13.2 Å². The van der Waals surface area contributed by atoms with Gasteiger partial charge in [0.2, 0.25) is 15.9 Å². The summed E-state index contributed by atoms with van der Waals surface area (Å²) in [6.07, 6.45) is 4.51. The molecule has 1 aliphatic heterocycles. The van der Waals surface area contributed by atoms with Gasteiger partial charge in [0.25, 0.3) is 0 Å². The molecule has 5 rings (SSSR count). The Morgan fingerprint density at radius 2 is 1.57 bits per heavy atom. The molecule has 1 amide bonds. The van der Waals surface area contributed by atoms with Gasteiger partial charge in [-0.25, -0.2) is 13.1 Å². The van der Waals surface area contributed by atoms with Gasteiger partial charge in [-0.2, -0.15) is 0 Å². The molecule has 6 heteroatoms. The second kappa shape index (κ2) is 10.7. The van der Waals surface area contributed by atoms with Crippen LogP contribution < -0.4 is 4.72 Å². The molecule has 4 aromatic rings.